The first kappa shape index (κ1) is 16.7. The second-order valence-electron chi connectivity index (χ2n) is 4.43. The lowest BCUT2D eigenvalue weighted by molar-refractivity contribution is 0.394. The predicted molar refractivity (Wildman–Crippen MR) is 93.5 cm³/mol. The van der Waals surface area contributed by atoms with Gasteiger partial charge in [0.1, 0.15) is 11.5 Å². The summed E-state index contributed by atoms with van der Waals surface area (Å²) in [6.07, 6.45) is 1.61. The summed E-state index contributed by atoms with van der Waals surface area (Å²) in [6, 6.07) is 13.4. The van der Waals surface area contributed by atoms with Gasteiger partial charge >= 0.3 is 0 Å². The topological polar surface area (TPSA) is 95.2 Å². The Balaban J connectivity index is 2.33. The third-order valence-electron chi connectivity index (χ3n) is 2.88. The monoisotopic (exact) mass is 330 g/mol. The van der Waals surface area contributed by atoms with Crippen molar-refractivity contribution in [2.75, 3.05) is 14.2 Å². The van der Waals surface area contributed by atoms with Crippen molar-refractivity contribution in [3.8, 4) is 11.5 Å². The summed E-state index contributed by atoms with van der Waals surface area (Å²) in [7, 11) is 3.27. The first-order valence-corrected chi connectivity index (χ1v) is 7.56. The van der Waals surface area contributed by atoms with E-state index in [4.69, 9.17) is 20.9 Å². The molecule has 7 heteroatoms. The van der Waals surface area contributed by atoms with Gasteiger partial charge in [-0.1, -0.05) is 30.0 Å². The van der Waals surface area contributed by atoms with E-state index in [0.29, 0.717) is 0 Å². The summed E-state index contributed by atoms with van der Waals surface area (Å²) in [5.74, 6) is 1.45. The average Bonchev–Trinajstić information content (AvgIpc) is 2.56. The van der Waals surface area contributed by atoms with Gasteiger partial charge in [0.05, 0.1) is 25.3 Å². The maximum Gasteiger partial charge on any atom is 0.211 e. The van der Waals surface area contributed by atoms with Crippen LogP contribution < -0.4 is 20.9 Å². The van der Waals surface area contributed by atoms with Crippen LogP contribution in [0.5, 0.6) is 11.5 Å². The fraction of sp³-hybridized carbons (Fsp3) is 0.125. The third-order valence-corrected chi connectivity index (χ3v) is 4.01. The van der Waals surface area contributed by atoms with Gasteiger partial charge in [0.2, 0.25) is 5.96 Å². The minimum atomic E-state index is -0.0825. The molecule has 0 spiro atoms. The second-order valence-corrected chi connectivity index (χ2v) is 5.51. The molecule has 0 amide bonds. The third kappa shape index (κ3) is 4.65. The van der Waals surface area contributed by atoms with Crippen molar-refractivity contribution >= 4 is 23.9 Å². The van der Waals surface area contributed by atoms with Crippen LogP contribution in [-0.2, 0) is 0 Å². The van der Waals surface area contributed by atoms with Crippen LogP contribution in [0, 0.1) is 0 Å². The number of nitrogens with two attached hydrogens (primary N) is 2. The molecule has 0 atom stereocenters. The van der Waals surface area contributed by atoms with Crippen molar-refractivity contribution in [1.82, 2.24) is 0 Å². The molecule has 0 aliphatic rings. The molecule has 0 heterocycles. The highest BCUT2D eigenvalue weighted by molar-refractivity contribution is 7.99. The van der Waals surface area contributed by atoms with Crippen LogP contribution >= 0.6 is 11.8 Å². The van der Waals surface area contributed by atoms with Gasteiger partial charge in [0, 0.05) is 10.5 Å². The highest BCUT2D eigenvalue weighted by Gasteiger charge is 2.09. The standard InChI is InChI=1S/C16H18N4O2S/c1-21-12-7-8-13(22-2)15(9-12)23-14-6-4-3-5-11(14)10-19-20-16(17)18/h3-10H,1-2H3,(H4,17,18,20)/b19-10+. The van der Waals surface area contributed by atoms with E-state index in [0.717, 1.165) is 26.9 Å². The largest absolute Gasteiger partial charge is 0.497 e. The Morgan fingerprint density at radius 2 is 1.83 bits per heavy atom. The number of benzene rings is 2. The molecule has 6 nitrogen and oxygen atoms in total. The molecule has 0 fully saturated rings. The number of methoxy groups -OCH3 is 2. The summed E-state index contributed by atoms with van der Waals surface area (Å²) in [5.41, 5.74) is 11.4. The first-order valence-electron chi connectivity index (χ1n) is 6.75. The molecule has 0 unspecified atom stereocenters. The zero-order valence-electron chi connectivity index (χ0n) is 12.9. The summed E-state index contributed by atoms with van der Waals surface area (Å²) >= 11 is 1.55. The smallest absolute Gasteiger partial charge is 0.211 e. The van der Waals surface area contributed by atoms with Crippen molar-refractivity contribution in [1.29, 1.82) is 0 Å². The molecular weight excluding hydrogens is 312 g/mol. The van der Waals surface area contributed by atoms with E-state index in [1.807, 2.05) is 42.5 Å². The quantitative estimate of drug-likeness (QED) is 0.482. The molecule has 23 heavy (non-hydrogen) atoms. The van der Waals surface area contributed by atoms with Gasteiger partial charge in [-0.15, -0.1) is 5.10 Å². The van der Waals surface area contributed by atoms with Crippen LogP contribution in [0.4, 0.5) is 0 Å². The Morgan fingerprint density at radius 3 is 2.52 bits per heavy atom. The number of ether oxygens (including phenoxy) is 2. The van der Waals surface area contributed by atoms with Crippen molar-refractivity contribution < 1.29 is 9.47 Å². The lowest BCUT2D eigenvalue weighted by Crippen LogP contribution is -2.21. The molecule has 0 aromatic heterocycles. The molecule has 4 N–H and O–H groups in total. The van der Waals surface area contributed by atoms with Crippen molar-refractivity contribution in [2.24, 2.45) is 21.7 Å². The number of nitrogens with zero attached hydrogens (tertiary/aromatic N) is 2. The van der Waals surface area contributed by atoms with E-state index in [1.165, 1.54) is 0 Å². The number of guanidine groups is 1. The normalized spacial score (nSPS) is 10.5. The fourth-order valence-corrected chi connectivity index (χ4v) is 2.87. The molecule has 0 saturated heterocycles. The Bertz CT molecular complexity index is 728. The Kier molecular flexibility index (Phi) is 5.87. The number of rotatable bonds is 6. The predicted octanol–water partition coefficient (Wildman–Crippen LogP) is 2.46. The van der Waals surface area contributed by atoms with E-state index in [1.54, 1.807) is 32.2 Å². The number of hydrogen-bond acceptors (Lipinski definition) is 5. The summed E-state index contributed by atoms with van der Waals surface area (Å²) in [4.78, 5) is 1.93. The fourth-order valence-electron chi connectivity index (χ4n) is 1.82. The minimum absolute atomic E-state index is 0.0825. The van der Waals surface area contributed by atoms with Gasteiger partial charge < -0.3 is 20.9 Å². The van der Waals surface area contributed by atoms with E-state index in [-0.39, 0.29) is 5.96 Å². The van der Waals surface area contributed by atoms with Gasteiger partial charge in [-0.2, -0.15) is 5.10 Å². The van der Waals surface area contributed by atoms with E-state index >= 15 is 0 Å². The maximum atomic E-state index is 5.40. The molecule has 0 aliphatic heterocycles. The summed E-state index contributed by atoms with van der Waals surface area (Å²) in [5, 5.41) is 7.48. The molecule has 2 aromatic rings. The maximum absolute atomic E-state index is 5.40. The van der Waals surface area contributed by atoms with Crippen molar-refractivity contribution in [2.45, 2.75) is 9.79 Å². The highest BCUT2D eigenvalue weighted by atomic mass is 32.2. The van der Waals surface area contributed by atoms with E-state index in [9.17, 15) is 0 Å². The molecular formula is C16H18N4O2S. The van der Waals surface area contributed by atoms with Crippen LogP contribution in [-0.4, -0.2) is 26.4 Å². The molecule has 0 radical (unpaired) electrons. The van der Waals surface area contributed by atoms with Crippen LogP contribution in [0.3, 0.4) is 0 Å². The van der Waals surface area contributed by atoms with Crippen LogP contribution in [0.2, 0.25) is 0 Å². The van der Waals surface area contributed by atoms with Gasteiger partial charge in [0.25, 0.3) is 0 Å². The summed E-state index contributed by atoms with van der Waals surface area (Å²) in [6.45, 7) is 0. The molecule has 0 bridgehead atoms. The van der Waals surface area contributed by atoms with Crippen LogP contribution in [0.25, 0.3) is 0 Å². The van der Waals surface area contributed by atoms with Crippen molar-refractivity contribution in [3.63, 3.8) is 0 Å². The Morgan fingerprint density at radius 1 is 1.04 bits per heavy atom. The van der Waals surface area contributed by atoms with Gasteiger partial charge in [-0.25, -0.2) is 0 Å². The van der Waals surface area contributed by atoms with Crippen molar-refractivity contribution in [3.05, 3.63) is 48.0 Å². The number of hydrogen-bond donors (Lipinski definition) is 2. The van der Waals surface area contributed by atoms with Gasteiger partial charge in [0.15, 0.2) is 0 Å². The Labute approximate surface area is 139 Å². The molecule has 0 aliphatic carbocycles. The van der Waals surface area contributed by atoms with Gasteiger partial charge in [-0.05, 0) is 24.3 Å². The zero-order chi connectivity index (χ0) is 16.7. The van der Waals surface area contributed by atoms with Crippen LogP contribution in [0.15, 0.2) is 62.5 Å². The lowest BCUT2D eigenvalue weighted by Gasteiger charge is -2.11. The lowest BCUT2D eigenvalue weighted by atomic mass is 10.2. The first-order chi connectivity index (χ1) is 11.1. The molecule has 2 rings (SSSR count). The summed E-state index contributed by atoms with van der Waals surface area (Å²) < 4.78 is 10.7. The average molecular weight is 330 g/mol. The molecule has 120 valence electrons. The SMILES string of the molecule is COc1ccc(OC)c(Sc2ccccc2/C=N/N=C(N)N)c1. The molecule has 0 saturated carbocycles. The van der Waals surface area contributed by atoms with E-state index in [2.05, 4.69) is 10.2 Å². The Hall–Kier alpha value is -2.67. The minimum Gasteiger partial charge on any atom is -0.497 e. The van der Waals surface area contributed by atoms with Crippen LogP contribution in [0.1, 0.15) is 5.56 Å². The highest BCUT2D eigenvalue weighted by Crippen LogP contribution is 2.38. The van der Waals surface area contributed by atoms with Gasteiger partial charge in [-0.3, -0.25) is 0 Å². The zero-order valence-corrected chi connectivity index (χ0v) is 13.7. The second kappa shape index (κ2) is 8.09. The van der Waals surface area contributed by atoms with E-state index < -0.39 is 0 Å². The molecule has 2 aromatic carbocycles.